The summed E-state index contributed by atoms with van der Waals surface area (Å²) in [5.74, 6) is -0.937. The highest BCUT2D eigenvalue weighted by Crippen LogP contribution is 2.35. The van der Waals surface area contributed by atoms with Gasteiger partial charge in [0, 0.05) is 36.8 Å². The Morgan fingerprint density at radius 3 is 2.56 bits per heavy atom. The summed E-state index contributed by atoms with van der Waals surface area (Å²) in [5, 5.41) is 15.3. The lowest BCUT2D eigenvalue weighted by Crippen LogP contribution is -2.54. The van der Waals surface area contributed by atoms with Crippen molar-refractivity contribution in [2.75, 3.05) is 23.7 Å². The molecule has 0 radical (unpaired) electrons. The number of carboxylic acids is 1. The van der Waals surface area contributed by atoms with Gasteiger partial charge in [0.15, 0.2) is 5.82 Å². The second-order valence-electron chi connectivity index (χ2n) is 10.0. The van der Waals surface area contributed by atoms with Crippen molar-refractivity contribution >= 4 is 58.7 Å². The minimum atomic E-state index is -1.04. The van der Waals surface area contributed by atoms with Gasteiger partial charge in [-0.05, 0) is 49.1 Å². The maximum absolute atomic E-state index is 12.7. The molecule has 0 aliphatic carbocycles. The van der Waals surface area contributed by atoms with E-state index in [9.17, 15) is 14.4 Å². The molecule has 41 heavy (non-hydrogen) atoms. The van der Waals surface area contributed by atoms with E-state index in [1.54, 1.807) is 42.6 Å². The van der Waals surface area contributed by atoms with Gasteiger partial charge in [-0.3, -0.25) is 9.59 Å². The number of nitrogens with one attached hydrogen (secondary N) is 2. The Balaban J connectivity index is 1.27. The molecule has 214 valence electrons. The maximum Gasteiger partial charge on any atom is 0.328 e. The minimum Gasteiger partial charge on any atom is -0.478 e. The highest BCUT2D eigenvalue weighted by Gasteiger charge is 2.32. The quantitative estimate of drug-likeness (QED) is 0.211. The van der Waals surface area contributed by atoms with E-state index in [1.165, 1.54) is 6.08 Å². The van der Waals surface area contributed by atoms with Gasteiger partial charge in [0.25, 0.3) is 0 Å². The lowest BCUT2D eigenvalue weighted by atomic mass is 9.89. The molecule has 0 saturated carbocycles. The lowest BCUT2D eigenvalue weighted by molar-refractivity contribution is -0.132. The SMILES string of the molecule is CC1(NC(=O)CC(=O)NCc2cccc(/C=C/C(=O)O)c2)CCN(c2cnc(-c3cccc(Cl)c3Cl)c(N)n2)CC1. The second kappa shape index (κ2) is 13.0. The number of anilines is 2. The van der Waals surface area contributed by atoms with E-state index in [4.69, 9.17) is 34.0 Å². The molecule has 0 bridgehead atoms. The topological polar surface area (TPSA) is 151 Å². The van der Waals surface area contributed by atoms with Crippen LogP contribution in [0.2, 0.25) is 10.0 Å². The molecule has 2 heterocycles. The molecule has 5 N–H and O–H groups in total. The summed E-state index contributed by atoms with van der Waals surface area (Å²) in [6, 6.07) is 12.4. The third-order valence-corrected chi connectivity index (χ3v) is 7.62. The van der Waals surface area contributed by atoms with Gasteiger partial charge in [-0.2, -0.15) is 0 Å². The standard InChI is InChI=1S/C29H30Cl2N6O4/c1-29(36-24(39)15-23(38)33-16-19-5-2-4-18(14-19)8-9-25(40)41)10-12-37(13-11-29)22-17-34-27(28(32)35-22)20-6-3-7-21(30)26(20)31/h2-9,14,17H,10-13,15-16H2,1H3,(H2,32,35)(H,33,38)(H,36,39)(H,40,41)/b9-8+. The Bertz CT molecular complexity index is 1490. The third kappa shape index (κ3) is 7.96. The van der Waals surface area contributed by atoms with Gasteiger partial charge in [-0.1, -0.05) is 53.5 Å². The van der Waals surface area contributed by atoms with Crippen LogP contribution in [0.4, 0.5) is 11.6 Å². The van der Waals surface area contributed by atoms with Crippen LogP contribution in [0.25, 0.3) is 17.3 Å². The first kappa shape index (κ1) is 29.8. The molecule has 3 aromatic rings. The number of hydrogen-bond donors (Lipinski definition) is 4. The van der Waals surface area contributed by atoms with Gasteiger partial charge in [0.1, 0.15) is 17.9 Å². The van der Waals surface area contributed by atoms with Crippen LogP contribution in [-0.2, 0) is 20.9 Å². The predicted octanol–water partition coefficient (Wildman–Crippen LogP) is 4.31. The molecule has 1 aliphatic heterocycles. The summed E-state index contributed by atoms with van der Waals surface area (Å²) in [7, 11) is 0. The Morgan fingerprint density at radius 1 is 1.12 bits per heavy atom. The largest absolute Gasteiger partial charge is 0.478 e. The fourth-order valence-corrected chi connectivity index (χ4v) is 4.95. The van der Waals surface area contributed by atoms with E-state index in [0.717, 1.165) is 11.6 Å². The van der Waals surface area contributed by atoms with E-state index in [1.807, 2.05) is 17.9 Å². The number of aliphatic carboxylic acids is 1. The van der Waals surface area contributed by atoms with Crippen molar-refractivity contribution < 1.29 is 19.5 Å². The lowest BCUT2D eigenvalue weighted by Gasteiger charge is -2.40. The number of nitrogens with zero attached hydrogens (tertiary/aromatic N) is 3. The molecule has 0 atom stereocenters. The summed E-state index contributed by atoms with van der Waals surface area (Å²) >= 11 is 12.4. The minimum absolute atomic E-state index is 0.222. The molecule has 2 aromatic carbocycles. The van der Waals surface area contributed by atoms with Crippen LogP contribution in [0, 0.1) is 0 Å². The summed E-state index contributed by atoms with van der Waals surface area (Å²) in [6.07, 6.45) is 5.15. The van der Waals surface area contributed by atoms with Crippen molar-refractivity contribution in [1.29, 1.82) is 0 Å². The van der Waals surface area contributed by atoms with E-state index < -0.39 is 17.4 Å². The Morgan fingerprint density at radius 2 is 1.85 bits per heavy atom. The number of nitrogen functional groups attached to an aromatic ring is 1. The normalized spacial score (nSPS) is 14.6. The molecule has 4 rings (SSSR count). The van der Waals surface area contributed by atoms with Crippen LogP contribution in [0.5, 0.6) is 0 Å². The average molecular weight is 598 g/mol. The van der Waals surface area contributed by atoms with Gasteiger partial charge >= 0.3 is 5.97 Å². The molecule has 12 heteroatoms. The fraction of sp³-hybridized carbons (Fsp3) is 0.276. The van der Waals surface area contributed by atoms with Crippen LogP contribution in [0.15, 0.2) is 54.7 Å². The zero-order valence-corrected chi connectivity index (χ0v) is 23.9. The van der Waals surface area contributed by atoms with Crippen molar-refractivity contribution in [2.45, 2.75) is 38.3 Å². The molecule has 1 saturated heterocycles. The van der Waals surface area contributed by atoms with Crippen molar-refractivity contribution in [3.8, 4) is 11.3 Å². The summed E-state index contributed by atoms with van der Waals surface area (Å²) < 4.78 is 0. The third-order valence-electron chi connectivity index (χ3n) is 6.81. The molecule has 1 aliphatic rings. The number of carbonyl (C=O) groups excluding carboxylic acids is 2. The predicted molar refractivity (Wildman–Crippen MR) is 159 cm³/mol. The number of rotatable bonds is 9. The van der Waals surface area contributed by atoms with Gasteiger partial charge in [-0.25, -0.2) is 14.8 Å². The van der Waals surface area contributed by atoms with E-state index in [0.29, 0.717) is 58.6 Å². The Kier molecular flexibility index (Phi) is 9.46. The van der Waals surface area contributed by atoms with Gasteiger partial charge in [0.05, 0.1) is 16.2 Å². The van der Waals surface area contributed by atoms with E-state index in [2.05, 4.69) is 20.6 Å². The maximum atomic E-state index is 12.7. The van der Waals surface area contributed by atoms with Crippen LogP contribution >= 0.6 is 23.2 Å². The zero-order valence-electron chi connectivity index (χ0n) is 22.4. The fourth-order valence-electron chi connectivity index (χ4n) is 4.56. The molecule has 0 unspecified atom stereocenters. The molecule has 0 spiro atoms. The second-order valence-corrected chi connectivity index (χ2v) is 10.8. The van der Waals surface area contributed by atoms with Crippen LogP contribution in [-0.4, -0.2) is 51.5 Å². The number of halogens is 2. The van der Waals surface area contributed by atoms with E-state index >= 15 is 0 Å². The van der Waals surface area contributed by atoms with Crippen molar-refractivity contribution in [3.63, 3.8) is 0 Å². The Labute approximate surface area is 247 Å². The number of carboxylic acid groups (broad SMARTS) is 1. The number of carbonyl (C=O) groups is 3. The Hall–Kier alpha value is -4.15. The van der Waals surface area contributed by atoms with Gasteiger partial charge in [0.2, 0.25) is 11.8 Å². The van der Waals surface area contributed by atoms with Crippen molar-refractivity contribution in [2.24, 2.45) is 0 Å². The summed E-state index contributed by atoms with van der Waals surface area (Å²) in [6.45, 7) is 3.40. The molecular weight excluding hydrogens is 567 g/mol. The average Bonchev–Trinajstić information content (AvgIpc) is 2.93. The first-order chi connectivity index (χ1) is 19.5. The van der Waals surface area contributed by atoms with Gasteiger partial charge in [-0.15, -0.1) is 0 Å². The number of hydrogen-bond acceptors (Lipinski definition) is 7. The first-order valence-electron chi connectivity index (χ1n) is 12.9. The number of nitrogens with two attached hydrogens (primary N) is 1. The first-order valence-corrected chi connectivity index (χ1v) is 13.7. The summed E-state index contributed by atoms with van der Waals surface area (Å²) in [4.78, 5) is 46.8. The number of amides is 2. The van der Waals surface area contributed by atoms with Crippen molar-refractivity contribution in [3.05, 3.63) is 75.9 Å². The van der Waals surface area contributed by atoms with Crippen LogP contribution in [0.3, 0.4) is 0 Å². The molecule has 2 amide bonds. The summed E-state index contributed by atoms with van der Waals surface area (Å²) in [5.41, 5.74) is 8.29. The number of benzene rings is 2. The monoisotopic (exact) mass is 596 g/mol. The molecular formula is C29H30Cl2N6O4. The number of piperidine rings is 1. The van der Waals surface area contributed by atoms with Crippen LogP contribution in [0.1, 0.15) is 37.3 Å². The highest BCUT2D eigenvalue weighted by molar-refractivity contribution is 6.43. The molecule has 1 fully saturated rings. The zero-order chi connectivity index (χ0) is 29.6. The number of aromatic nitrogens is 2. The van der Waals surface area contributed by atoms with Gasteiger partial charge < -0.3 is 26.4 Å². The highest BCUT2D eigenvalue weighted by atomic mass is 35.5. The van der Waals surface area contributed by atoms with E-state index in [-0.39, 0.29) is 24.7 Å². The van der Waals surface area contributed by atoms with Crippen molar-refractivity contribution in [1.82, 2.24) is 20.6 Å². The smallest absolute Gasteiger partial charge is 0.328 e. The molecule has 10 nitrogen and oxygen atoms in total. The molecule has 1 aromatic heterocycles. The van der Waals surface area contributed by atoms with Crippen LogP contribution < -0.4 is 21.3 Å².